The molecule has 0 saturated heterocycles. The molecule has 2 aromatic heterocycles. The Kier molecular flexibility index (Phi) is 6.95. The molecule has 1 aliphatic rings. The van der Waals surface area contributed by atoms with Gasteiger partial charge in [0.2, 0.25) is 16.0 Å². The summed E-state index contributed by atoms with van der Waals surface area (Å²) in [5.74, 6) is 1.25. The van der Waals surface area contributed by atoms with Crippen molar-refractivity contribution in [3.8, 4) is 5.82 Å². The molecule has 1 aromatic carbocycles. The minimum atomic E-state index is -3.35. The molecule has 0 spiro atoms. The first-order valence-corrected chi connectivity index (χ1v) is 13.4. The molecule has 3 N–H and O–H groups in total. The number of rotatable bonds is 8. The fourth-order valence-electron chi connectivity index (χ4n) is 4.86. The number of nitrogens with zero attached hydrogens (tertiary/aromatic N) is 4. The highest BCUT2D eigenvalue weighted by atomic mass is 32.2. The number of sulfonamides is 1. The van der Waals surface area contributed by atoms with Gasteiger partial charge < -0.3 is 20.1 Å². The van der Waals surface area contributed by atoms with Crippen molar-refractivity contribution in [2.24, 2.45) is 0 Å². The average molecular weight is 488 g/mol. The van der Waals surface area contributed by atoms with Crippen LogP contribution >= 0.6 is 0 Å². The number of anilines is 1. The first-order valence-electron chi connectivity index (χ1n) is 11.6. The summed E-state index contributed by atoms with van der Waals surface area (Å²) >= 11 is 0. The fourth-order valence-corrected chi connectivity index (χ4v) is 6.03. The van der Waals surface area contributed by atoms with Gasteiger partial charge in [0.05, 0.1) is 24.0 Å². The molecule has 1 aliphatic carbocycles. The van der Waals surface area contributed by atoms with Crippen molar-refractivity contribution >= 4 is 26.9 Å². The van der Waals surface area contributed by atoms with Crippen molar-refractivity contribution in [2.45, 2.75) is 57.2 Å². The molecule has 10 heteroatoms. The van der Waals surface area contributed by atoms with Crippen LogP contribution in [0.4, 0.5) is 5.95 Å². The van der Waals surface area contributed by atoms with E-state index in [1.807, 2.05) is 41.1 Å². The highest BCUT2D eigenvalue weighted by Crippen LogP contribution is 2.31. The van der Waals surface area contributed by atoms with Crippen LogP contribution in [-0.2, 0) is 15.6 Å². The molecule has 0 aliphatic heterocycles. The molecule has 34 heavy (non-hydrogen) atoms. The largest absolute Gasteiger partial charge is 0.395 e. The molecule has 184 valence electrons. The number of hydrogen-bond donors (Lipinski definition) is 3. The van der Waals surface area contributed by atoms with Crippen molar-refractivity contribution in [1.82, 2.24) is 18.8 Å². The topological polar surface area (TPSA) is 121 Å². The van der Waals surface area contributed by atoms with Gasteiger partial charge >= 0.3 is 0 Å². The number of aliphatic hydroxyl groups is 2. The van der Waals surface area contributed by atoms with E-state index in [1.54, 1.807) is 20.0 Å². The van der Waals surface area contributed by atoms with Crippen LogP contribution in [0.2, 0.25) is 0 Å². The van der Waals surface area contributed by atoms with Crippen LogP contribution in [0.15, 0.2) is 42.7 Å². The zero-order chi connectivity index (χ0) is 24.5. The molecular weight excluding hydrogens is 454 g/mol. The van der Waals surface area contributed by atoms with Crippen molar-refractivity contribution in [3.63, 3.8) is 0 Å². The van der Waals surface area contributed by atoms with E-state index in [1.165, 1.54) is 10.6 Å². The highest BCUT2D eigenvalue weighted by molar-refractivity contribution is 7.88. The summed E-state index contributed by atoms with van der Waals surface area (Å²) in [6, 6.07) is 9.74. The second-order valence-electron chi connectivity index (χ2n) is 9.47. The van der Waals surface area contributed by atoms with Crippen LogP contribution in [0, 0.1) is 0 Å². The van der Waals surface area contributed by atoms with Crippen LogP contribution in [0.1, 0.15) is 45.1 Å². The van der Waals surface area contributed by atoms with Crippen LogP contribution < -0.4 is 5.32 Å². The van der Waals surface area contributed by atoms with E-state index in [9.17, 15) is 18.6 Å². The lowest BCUT2D eigenvalue weighted by Crippen LogP contribution is -2.44. The molecule has 2 heterocycles. The van der Waals surface area contributed by atoms with E-state index in [-0.39, 0.29) is 25.2 Å². The molecule has 9 nitrogen and oxygen atoms in total. The van der Waals surface area contributed by atoms with Gasteiger partial charge in [-0.2, -0.15) is 9.29 Å². The van der Waals surface area contributed by atoms with E-state index in [2.05, 4.69) is 10.3 Å². The van der Waals surface area contributed by atoms with Crippen LogP contribution in [0.5, 0.6) is 0 Å². The maximum atomic E-state index is 12.1. The molecule has 3 aromatic rings. The minimum absolute atomic E-state index is 0.0938. The van der Waals surface area contributed by atoms with Gasteiger partial charge in [0.1, 0.15) is 5.82 Å². The summed E-state index contributed by atoms with van der Waals surface area (Å²) in [4.78, 5) is 9.10. The number of hydrogen-bond acceptors (Lipinski definition) is 7. The molecule has 0 amide bonds. The molecule has 0 radical (unpaired) electrons. The zero-order valence-electron chi connectivity index (χ0n) is 19.8. The summed E-state index contributed by atoms with van der Waals surface area (Å²) in [6.45, 7) is 3.50. The Labute approximate surface area is 200 Å². The molecule has 0 atom stereocenters. The SMILES string of the molecule is CC(C)(O)c1cccc2c1ccn2-c1ccnc(N[C@H]2CC[C@H](N(CCO)S(C)(=O)=O)CC2)n1. The first-order chi connectivity index (χ1) is 16.1. The van der Waals surface area contributed by atoms with Crippen molar-refractivity contribution < 1.29 is 18.6 Å². The maximum Gasteiger partial charge on any atom is 0.224 e. The third-order valence-corrected chi connectivity index (χ3v) is 7.80. The normalized spacial score (nSPS) is 19.6. The van der Waals surface area contributed by atoms with Gasteiger partial charge in [-0.3, -0.25) is 0 Å². The Hall–Kier alpha value is -2.53. The molecule has 0 unspecified atom stereocenters. The van der Waals surface area contributed by atoms with E-state index in [4.69, 9.17) is 4.98 Å². The van der Waals surface area contributed by atoms with Gasteiger partial charge in [-0.25, -0.2) is 13.4 Å². The fraction of sp³-hybridized carbons (Fsp3) is 0.500. The number of nitrogens with one attached hydrogen (secondary N) is 1. The Morgan fingerprint density at radius 2 is 1.91 bits per heavy atom. The maximum absolute atomic E-state index is 12.1. The first kappa shape index (κ1) is 24.6. The van der Waals surface area contributed by atoms with Crippen molar-refractivity contribution in [2.75, 3.05) is 24.7 Å². The quantitative estimate of drug-likeness (QED) is 0.447. The Morgan fingerprint density at radius 3 is 2.56 bits per heavy atom. The second-order valence-corrected chi connectivity index (χ2v) is 11.4. The van der Waals surface area contributed by atoms with Gasteiger partial charge in [0.25, 0.3) is 0 Å². The number of aliphatic hydroxyl groups excluding tert-OH is 1. The van der Waals surface area contributed by atoms with Gasteiger partial charge in [-0.1, -0.05) is 12.1 Å². The third-order valence-electron chi connectivity index (χ3n) is 6.46. The van der Waals surface area contributed by atoms with Gasteiger partial charge in [-0.15, -0.1) is 0 Å². The average Bonchev–Trinajstić information content (AvgIpc) is 3.21. The van der Waals surface area contributed by atoms with E-state index < -0.39 is 15.6 Å². The summed E-state index contributed by atoms with van der Waals surface area (Å²) in [7, 11) is -3.35. The molecular formula is C24H33N5O4S. The van der Waals surface area contributed by atoms with Gasteiger partial charge in [0.15, 0.2) is 0 Å². The molecule has 4 rings (SSSR count). The minimum Gasteiger partial charge on any atom is -0.395 e. The number of aromatic nitrogens is 3. The van der Waals surface area contributed by atoms with Crippen LogP contribution in [0.3, 0.4) is 0 Å². The van der Waals surface area contributed by atoms with E-state index in [0.29, 0.717) is 18.8 Å². The highest BCUT2D eigenvalue weighted by Gasteiger charge is 2.31. The van der Waals surface area contributed by atoms with Crippen molar-refractivity contribution in [1.29, 1.82) is 0 Å². The van der Waals surface area contributed by atoms with Crippen molar-refractivity contribution in [3.05, 3.63) is 48.3 Å². The van der Waals surface area contributed by atoms with Gasteiger partial charge in [0, 0.05) is 36.4 Å². The standard InChI is InChI=1S/C24H33N5O4S/c1-24(2,31)20-5-4-6-21-19(20)12-14-28(21)22-11-13-25-23(27-22)26-17-7-9-18(10-8-17)29(15-16-30)34(3,32)33/h4-6,11-14,17-18,30-31H,7-10,15-16H2,1-3H3,(H,25,26,27)/t17-,18-. The van der Waals surface area contributed by atoms with Gasteiger partial charge in [-0.05, 0) is 63.3 Å². The Morgan fingerprint density at radius 1 is 1.18 bits per heavy atom. The van der Waals surface area contributed by atoms with E-state index in [0.717, 1.165) is 35.1 Å². The predicted octanol–water partition coefficient (Wildman–Crippen LogP) is 2.62. The summed E-state index contributed by atoms with van der Waals surface area (Å²) in [5, 5.41) is 24.2. The Balaban J connectivity index is 1.49. The summed E-state index contributed by atoms with van der Waals surface area (Å²) < 4.78 is 27.5. The molecule has 1 saturated carbocycles. The lowest BCUT2D eigenvalue weighted by molar-refractivity contribution is 0.0802. The van der Waals surface area contributed by atoms with Crippen LogP contribution in [-0.4, -0.2) is 69.0 Å². The Bertz CT molecular complexity index is 1240. The predicted molar refractivity (Wildman–Crippen MR) is 132 cm³/mol. The molecule has 1 fully saturated rings. The third kappa shape index (κ3) is 5.25. The lowest BCUT2D eigenvalue weighted by Gasteiger charge is -2.35. The monoisotopic (exact) mass is 487 g/mol. The summed E-state index contributed by atoms with van der Waals surface area (Å²) in [6.07, 6.45) is 7.86. The lowest BCUT2D eigenvalue weighted by atomic mass is 9.91. The smallest absolute Gasteiger partial charge is 0.224 e. The summed E-state index contributed by atoms with van der Waals surface area (Å²) in [5.41, 5.74) is 0.860. The van der Waals surface area contributed by atoms with E-state index >= 15 is 0 Å². The molecule has 0 bridgehead atoms. The second kappa shape index (κ2) is 9.61. The van der Waals surface area contributed by atoms with Crippen LogP contribution in [0.25, 0.3) is 16.7 Å². The number of benzene rings is 1. The number of fused-ring (bicyclic) bond motifs is 1. The zero-order valence-corrected chi connectivity index (χ0v) is 20.7.